The summed E-state index contributed by atoms with van der Waals surface area (Å²) in [6, 6.07) is 0. The monoisotopic (exact) mass is 224 g/mol. The van der Waals surface area contributed by atoms with E-state index < -0.39 is 23.3 Å². The Bertz CT molecular complexity index is 369. The molecule has 5 nitrogen and oxygen atoms in total. The number of esters is 1. The van der Waals surface area contributed by atoms with E-state index in [4.69, 9.17) is 0 Å². The second kappa shape index (κ2) is 4.85. The smallest absolute Gasteiger partial charge is 0.317 e. The molecule has 0 saturated heterocycles. The van der Waals surface area contributed by atoms with Crippen LogP contribution in [0, 0.1) is 5.92 Å². The van der Waals surface area contributed by atoms with Gasteiger partial charge in [-0.15, -0.1) is 0 Å². The minimum absolute atomic E-state index is 0.388. The number of ether oxygens (including phenoxy) is 1. The van der Waals surface area contributed by atoms with Crippen molar-refractivity contribution in [3.63, 3.8) is 0 Å². The summed E-state index contributed by atoms with van der Waals surface area (Å²) in [7, 11) is 0. The molecule has 0 amide bonds. The Balaban J connectivity index is 2.88. The lowest BCUT2D eigenvalue weighted by atomic mass is 9.81. The molecule has 0 bridgehead atoms. The predicted molar refractivity (Wildman–Crippen MR) is 54.4 cm³/mol. The van der Waals surface area contributed by atoms with Gasteiger partial charge < -0.3 is 9.84 Å². The van der Waals surface area contributed by atoms with Crippen molar-refractivity contribution in [1.82, 2.24) is 0 Å². The first-order valence-electron chi connectivity index (χ1n) is 4.72. The SMILES string of the molecule is CC(=O)C1(O)C=CC=CC1C(=O)OCC=O. The first-order chi connectivity index (χ1) is 7.52. The summed E-state index contributed by atoms with van der Waals surface area (Å²) >= 11 is 0. The molecule has 2 unspecified atom stereocenters. The third-order valence-corrected chi connectivity index (χ3v) is 2.35. The van der Waals surface area contributed by atoms with E-state index in [1.54, 1.807) is 0 Å². The predicted octanol–water partition coefficient (Wildman–Crippen LogP) is -0.209. The van der Waals surface area contributed by atoms with Crippen LogP contribution in [0.25, 0.3) is 0 Å². The number of hydrogen-bond donors (Lipinski definition) is 1. The van der Waals surface area contributed by atoms with Crippen LogP contribution in [0.15, 0.2) is 24.3 Å². The Labute approximate surface area is 92.4 Å². The molecule has 0 aromatic heterocycles. The highest BCUT2D eigenvalue weighted by Gasteiger charge is 2.43. The molecule has 5 heteroatoms. The maximum absolute atomic E-state index is 11.5. The van der Waals surface area contributed by atoms with Crippen LogP contribution in [0.5, 0.6) is 0 Å². The van der Waals surface area contributed by atoms with Gasteiger partial charge in [-0.1, -0.05) is 18.2 Å². The Morgan fingerprint density at radius 1 is 1.50 bits per heavy atom. The van der Waals surface area contributed by atoms with Crippen molar-refractivity contribution < 1.29 is 24.2 Å². The number of rotatable bonds is 4. The second-order valence-electron chi connectivity index (χ2n) is 3.40. The fraction of sp³-hybridized carbons (Fsp3) is 0.364. The highest BCUT2D eigenvalue weighted by atomic mass is 16.5. The zero-order valence-electron chi connectivity index (χ0n) is 8.75. The second-order valence-corrected chi connectivity index (χ2v) is 3.40. The summed E-state index contributed by atoms with van der Waals surface area (Å²) in [4.78, 5) is 32.8. The fourth-order valence-corrected chi connectivity index (χ4v) is 1.43. The Morgan fingerprint density at radius 2 is 2.19 bits per heavy atom. The first-order valence-corrected chi connectivity index (χ1v) is 4.72. The van der Waals surface area contributed by atoms with Gasteiger partial charge in [0.1, 0.15) is 12.5 Å². The Hall–Kier alpha value is -1.75. The molecule has 0 saturated carbocycles. The lowest BCUT2D eigenvalue weighted by Gasteiger charge is -2.29. The van der Waals surface area contributed by atoms with Crippen molar-refractivity contribution in [3.8, 4) is 0 Å². The van der Waals surface area contributed by atoms with Crippen LogP contribution < -0.4 is 0 Å². The molecule has 1 aliphatic carbocycles. The molecule has 1 N–H and O–H groups in total. The molecular weight excluding hydrogens is 212 g/mol. The van der Waals surface area contributed by atoms with Crippen LogP contribution in [0.3, 0.4) is 0 Å². The number of Topliss-reactive ketones (excluding diaryl/α,β-unsaturated/α-hetero) is 1. The molecule has 0 radical (unpaired) electrons. The van der Waals surface area contributed by atoms with Crippen molar-refractivity contribution in [3.05, 3.63) is 24.3 Å². The van der Waals surface area contributed by atoms with Gasteiger partial charge in [0.05, 0.1) is 0 Å². The molecule has 16 heavy (non-hydrogen) atoms. The molecule has 0 fully saturated rings. The van der Waals surface area contributed by atoms with Crippen LogP contribution in [-0.2, 0) is 19.1 Å². The highest BCUT2D eigenvalue weighted by Crippen LogP contribution is 2.26. The van der Waals surface area contributed by atoms with Gasteiger partial charge in [0.2, 0.25) is 0 Å². The summed E-state index contributed by atoms with van der Waals surface area (Å²) in [5.74, 6) is -2.46. The van der Waals surface area contributed by atoms with Gasteiger partial charge in [-0.05, 0) is 13.0 Å². The van der Waals surface area contributed by atoms with E-state index in [1.165, 1.54) is 31.2 Å². The third kappa shape index (κ3) is 2.25. The first kappa shape index (κ1) is 12.3. The van der Waals surface area contributed by atoms with Gasteiger partial charge in [0, 0.05) is 0 Å². The van der Waals surface area contributed by atoms with E-state index in [1.807, 2.05) is 0 Å². The quantitative estimate of drug-likeness (QED) is 0.528. The number of aliphatic hydroxyl groups is 1. The molecule has 2 atom stereocenters. The van der Waals surface area contributed by atoms with Crippen molar-refractivity contribution in [2.24, 2.45) is 5.92 Å². The largest absolute Gasteiger partial charge is 0.457 e. The minimum atomic E-state index is -1.88. The maximum Gasteiger partial charge on any atom is 0.317 e. The standard InChI is InChI=1S/C11H12O5/c1-8(13)11(15)5-3-2-4-9(11)10(14)16-7-6-12/h2-6,9,15H,7H2,1H3. The summed E-state index contributed by atoms with van der Waals surface area (Å²) in [5, 5.41) is 10.0. The van der Waals surface area contributed by atoms with E-state index >= 15 is 0 Å². The number of ketones is 1. The highest BCUT2D eigenvalue weighted by molar-refractivity contribution is 5.94. The Kier molecular flexibility index (Phi) is 3.73. The maximum atomic E-state index is 11.5. The minimum Gasteiger partial charge on any atom is -0.457 e. The topological polar surface area (TPSA) is 80.7 Å². The summed E-state index contributed by atoms with van der Waals surface area (Å²) in [5.41, 5.74) is -1.88. The number of hydrogen-bond acceptors (Lipinski definition) is 5. The number of aldehydes is 1. The molecule has 86 valence electrons. The average molecular weight is 224 g/mol. The average Bonchev–Trinajstić information content (AvgIpc) is 2.26. The molecule has 1 aliphatic rings. The summed E-state index contributed by atoms with van der Waals surface area (Å²) < 4.78 is 4.57. The lowest BCUT2D eigenvalue weighted by Crippen LogP contribution is -2.47. The molecule has 0 aliphatic heterocycles. The summed E-state index contributed by atoms with van der Waals surface area (Å²) in [6.07, 6.45) is 6.04. The van der Waals surface area contributed by atoms with Crippen LogP contribution in [0.2, 0.25) is 0 Å². The van der Waals surface area contributed by atoms with Crippen molar-refractivity contribution >= 4 is 18.0 Å². The number of carbonyl (C=O) groups is 3. The van der Waals surface area contributed by atoms with E-state index in [0.29, 0.717) is 6.29 Å². The molecule has 0 aromatic rings. The van der Waals surface area contributed by atoms with Crippen molar-refractivity contribution in [2.75, 3.05) is 6.61 Å². The van der Waals surface area contributed by atoms with Crippen LogP contribution in [-0.4, -0.2) is 35.4 Å². The Morgan fingerprint density at radius 3 is 2.75 bits per heavy atom. The van der Waals surface area contributed by atoms with Gasteiger partial charge in [-0.2, -0.15) is 0 Å². The van der Waals surface area contributed by atoms with Crippen LogP contribution in [0.4, 0.5) is 0 Å². The van der Waals surface area contributed by atoms with Crippen LogP contribution in [0.1, 0.15) is 6.92 Å². The summed E-state index contributed by atoms with van der Waals surface area (Å²) in [6.45, 7) is 0.796. The molecule has 0 heterocycles. The van der Waals surface area contributed by atoms with E-state index in [9.17, 15) is 19.5 Å². The molecule has 1 rings (SSSR count). The number of carbonyl (C=O) groups excluding carboxylic acids is 3. The van der Waals surface area contributed by atoms with E-state index in [-0.39, 0.29) is 6.61 Å². The van der Waals surface area contributed by atoms with Crippen molar-refractivity contribution in [2.45, 2.75) is 12.5 Å². The normalized spacial score (nSPS) is 27.5. The fourth-order valence-electron chi connectivity index (χ4n) is 1.43. The zero-order chi connectivity index (χ0) is 12.2. The number of allylic oxidation sites excluding steroid dienone is 2. The molecule has 0 spiro atoms. The van der Waals surface area contributed by atoms with Gasteiger partial charge in [0.25, 0.3) is 0 Å². The van der Waals surface area contributed by atoms with E-state index in [2.05, 4.69) is 4.74 Å². The third-order valence-electron chi connectivity index (χ3n) is 2.35. The molecular formula is C11H12O5. The van der Waals surface area contributed by atoms with Gasteiger partial charge >= 0.3 is 5.97 Å². The zero-order valence-corrected chi connectivity index (χ0v) is 8.75. The van der Waals surface area contributed by atoms with Gasteiger partial charge in [-0.25, -0.2) is 0 Å². The van der Waals surface area contributed by atoms with Gasteiger partial charge in [0.15, 0.2) is 17.7 Å². The van der Waals surface area contributed by atoms with Crippen LogP contribution >= 0.6 is 0 Å². The molecule has 0 aromatic carbocycles. The lowest BCUT2D eigenvalue weighted by molar-refractivity contribution is -0.158. The van der Waals surface area contributed by atoms with E-state index in [0.717, 1.165) is 0 Å². The van der Waals surface area contributed by atoms with Crippen molar-refractivity contribution in [1.29, 1.82) is 0 Å². The van der Waals surface area contributed by atoms with Gasteiger partial charge in [-0.3, -0.25) is 14.4 Å².